The van der Waals surface area contributed by atoms with Gasteiger partial charge in [0.1, 0.15) is 11.1 Å². The Morgan fingerprint density at radius 3 is 3.11 bits per heavy atom. The van der Waals surface area contributed by atoms with Gasteiger partial charge in [0.2, 0.25) is 5.13 Å². The van der Waals surface area contributed by atoms with Crippen molar-refractivity contribution in [2.75, 3.05) is 25.0 Å². The van der Waals surface area contributed by atoms with Crippen LogP contribution in [0.4, 0.5) is 5.13 Å². The molecule has 1 atom stereocenters. The molecule has 19 heavy (non-hydrogen) atoms. The van der Waals surface area contributed by atoms with Crippen LogP contribution in [-0.2, 0) is 16.0 Å². The van der Waals surface area contributed by atoms with Crippen molar-refractivity contribution in [1.29, 1.82) is 0 Å². The number of nitrogens with one attached hydrogen (secondary N) is 2. The van der Waals surface area contributed by atoms with Crippen LogP contribution < -0.4 is 10.6 Å². The molecule has 108 valence electrons. The Balaban J connectivity index is 0.00000180. The van der Waals surface area contributed by atoms with E-state index in [9.17, 15) is 4.79 Å². The van der Waals surface area contributed by atoms with E-state index in [4.69, 9.17) is 4.74 Å². The highest BCUT2D eigenvalue weighted by Gasteiger charge is 2.22. The van der Waals surface area contributed by atoms with Gasteiger partial charge in [-0.2, -0.15) is 0 Å². The highest BCUT2D eigenvalue weighted by atomic mass is 35.5. The quantitative estimate of drug-likeness (QED) is 0.855. The molecule has 2 heterocycles. The van der Waals surface area contributed by atoms with Gasteiger partial charge in [0.05, 0.1) is 6.61 Å². The summed E-state index contributed by atoms with van der Waals surface area (Å²) in [4.78, 5) is 11.9. The van der Waals surface area contributed by atoms with Gasteiger partial charge in [-0.3, -0.25) is 10.1 Å². The predicted octanol–water partition coefficient (Wildman–Crippen LogP) is 1.23. The minimum Gasteiger partial charge on any atom is -0.366 e. The van der Waals surface area contributed by atoms with E-state index in [2.05, 4.69) is 27.8 Å². The molecule has 0 aromatic carbocycles. The fraction of sp³-hybridized carbons (Fsp3) is 0.727. The predicted molar refractivity (Wildman–Crippen MR) is 77.0 cm³/mol. The molecule has 1 aromatic heterocycles. The highest BCUT2D eigenvalue weighted by Crippen LogP contribution is 2.17. The van der Waals surface area contributed by atoms with E-state index in [0.717, 1.165) is 30.8 Å². The van der Waals surface area contributed by atoms with Gasteiger partial charge in [0, 0.05) is 19.5 Å². The third-order valence-electron chi connectivity index (χ3n) is 2.66. The molecule has 2 rings (SSSR count). The molecule has 8 heteroatoms. The Labute approximate surface area is 122 Å². The van der Waals surface area contributed by atoms with Gasteiger partial charge in [-0.05, 0) is 6.42 Å². The first-order valence-corrected chi connectivity index (χ1v) is 7.07. The zero-order valence-corrected chi connectivity index (χ0v) is 12.5. The van der Waals surface area contributed by atoms with Crippen LogP contribution in [0, 0.1) is 0 Å². The average Bonchev–Trinajstić information content (AvgIpc) is 2.85. The maximum absolute atomic E-state index is 11.9. The number of halogens is 1. The van der Waals surface area contributed by atoms with Crippen molar-refractivity contribution in [2.24, 2.45) is 0 Å². The number of rotatable bonds is 5. The summed E-state index contributed by atoms with van der Waals surface area (Å²) in [5.74, 6) is -0.152. The summed E-state index contributed by atoms with van der Waals surface area (Å²) < 4.78 is 5.37. The maximum atomic E-state index is 11.9. The number of carbonyl (C=O) groups is 1. The Hall–Kier alpha value is -0.760. The summed E-state index contributed by atoms with van der Waals surface area (Å²) in [6, 6.07) is 0. The van der Waals surface area contributed by atoms with E-state index >= 15 is 0 Å². The van der Waals surface area contributed by atoms with Crippen molar-refractivity contribution in [3.8, 4) is 0 Å². The number of anilines is 1. The number of ether oxygens (including phenoxy) is 1. The SMILES string of the molecule is CCCCc1nnc(NC(=O)C2CNCCO2)s1.Cl. The lowest BCUT2D eigenvalue weighted by molar-refractivity contribution is -0.128. The summed E-state index contributed by atoms with van der Waals surface area (Å²) in [5, 5.41) is 15.4. The number of hydrogen-bond acceptors (Lipinski definition) is 6. The Morgan fingerprint density at radius 2 is 2.42 bits per heavy atom. The van der Waals surface area contributed by atoms with Crippen LogP contribution in [0.1, 0.15) is 24.8 Å². The van der Waals surface area contributed by atoms with Crippen molar-refractivity contribution in [1.82, 2.24) is 15.5 Å². The van der Waals surface area contributed by atoms with Gasteiger partial charge >= 0.3 is 0 Å². The zero-order chi connectivity index (χ0) is 12.8. The minimum absolute atomic E-state index is 0. The molecular formula is C11H19ClN4O2S. The molecular weight excluding hydrogens is 288 g/mol. The number of carbonyl (C=O) groups excluding carboxylic acids is 1. The molecule has 6 nitrogen and oxygen atoms in total. The van der Waals surface area contributed by atoms with Gasteiger partial charge in [-0.15, -0.1) is 22.6 Å². The number of morpholine rings is 1. The smallest absolute Gasteiger partial charge is 0.256 e. The largest absolute Gasteiger partial charge is 0.366 e. The van der Waals surface area contributed by atoms with Crippen LogP contribution >= 0.6 is 23.7 Å². The Bertz CT molecular complexity index is 396. The molecule has 1 amide bonds. The second-order valence-electron chi connectivity index (χ2n) is 4.16. The second kappa shape index (κ2) is 8.42. The molecule has 1 aliphatic heterocycles. The van der Waals surface area contributed by atoms with Gasteiger partial charge in [0.25, 0.3) is 5.91 Å². The van der Waals surface area contributed by atoms with E-state index in [1.165, 1.54) is 11.3 Å². The zero-order valence-electron chi connectivity index (χ0n) is 10.8. The minimum atomic E-state index is -0.429. The van der Waals surface area contributed by atoms with Crippen LogP contribution in [0.25, 0.3) is 0 Å². The summed E-state index contributed by atoms with van der Waals surface area (Å²) in [6.45, 7) is 4.05. The number of amides is 1. The number of nitrogens with zero attached hydrogens (tertiary/aromatic N) is 2. The van der Waals surface area contributed by atoms with Gasteiger partial charge in [-0.1, -0.05) is 24.7 Å². The lowest BCUT2D eigenvalue weighted by atomic mass is 10.3. The van der Waals surface area contributed by atoms with Gasteiger partial charge < -0.3 is 10.1 Å². The first kappa shape index (κ1) is 16.3. The van der Waals surface area contributed by atoms with E-state index in [-0.39, 0.29) is 18.3 Å². The summed E-state index contributed by atoms with van der Waals surface area (Å²) in [5.41, 5.74) is 0. The summed E-state index contributed by atoms with van der Waals surface area (Å²) in [6.07, 6.45) is 2.72. The topological polar surface area (TPSA) is 76.1 Å². The van der Waals surface area contributed by atoms with E-state index in [1.54, 1.807) is 0 Å². The maximum Gasteiger partial charge on any atom is 0.256 e. The Kier molecular flexibility index (Phi) is 7.22. The molecule has 1 aromatic rings. The first-order chi connectivity index (χ1) is 8.79. The third kappa shape index (κ3) is 5.02. The summed E-state index contributed by atoms with van der Waals surface area (Å²) in [7, 11) is 0. The number of unbranched alkanes of at least 4 members (excludes halogenated alkanes) is 1. The fourth-order valence-electron chi connectivity index (χ4n) is 1.65. The normalized spacial score (nSPS) is 18.7. The van der Waals surface area contributed by atoms with Crippen LogP contribution in [0.15, 0.2) is 0 Å². The van der Waals surface area contributed by atoms with Crippen molar-refractivity contribution in [3.05, 3.63) is 5.01 Å². The van der Waals surface area contributed by atoms with Crippen molar-refractivity contribution >= 4 is 34.8 Å². The molecule has 2 N–H and O–H groups in total. The number of aromatic nitrogens is 2. The first-order valence-electron chi connectivity index (χ1n) is 6.25. The van der Waals surface area contributed by atoms with Crippen molar-refractivity contribution in [3.63, 3.8) is 0 Å². The van der Waals surface area contributed by atoms with E-state index in [0.29, 0.717) is 18.3 Å². The van der Waals surface area contributed by atoms with E-state index < -0.39 is 6.10 Å². The number of aryl methyl sites for hydroxylation is 1. The van der Waals surface area contributed by atoms with Gasteiger partial charge in [-0.25, -0.2) is 0 Å². The molecule has 0 saturated carbocycles. The molecule has 0 bridgehead atoms. The van der Waals surface area contributed by atoms with Crippen molar-refractivity contribution in [2.45, 2.75) is 32.3 Å². The molecule has 1 unspecified atom stereocenters. The summed E-state index contributed by atoms with van der Waals surface area (Å²) >= 11 is 1.44. The van der Waals surface area contributed by atoms with Crippen LogP contribution in [0.2, 0.25) is 0 Å². The molecule has 1 saturated heterocycles. The van der Waals surface area contributed by atoms with Crippen LogP contribution in [-0.4, -0.2) is 41.9 Å². The standard InChI is InChI=1S/C11H18N4O2S.ClH/c1-2-3-4-9-14-15-11(18-9)13-10(16)8-7-12-5-6-17-8;/h8,12H,2-7H2,1H3,(H,13,15,16);1H. The molecule has 1 aliphatic rings. The fourth-order valence-corrected chi connectivity index (χ4v) is 2.44. The third-order valence-corrected chi connectivity index (χ3v) is 3.56. The molecule has 0 radical (unpaired) electrons. The van der Waals surface area contributed by atoms with Crippen molar-refractivity contribution < 1.29 is 9.53 Å². The Morgan fingerprint density at radius 1 is 1.58 bits per heavy atom. The van der Waals surface area contributed by atoms with Crippen LogP contribution in [0.3, 0.4) is 0 Å². The molecule has 0 aliphatic carbocycles. The average molecular weight is 307 g/mol. The number of hydrogen-bond donors (Lipinski definition) is 2. The molecule has 1 fully saturated rings. The van der Waals surface area contributed by atoms with Gasteiger partial charge in [0.15, 0.2) is 0 Å². The highest BCUT2D eigenvalue weighted by molar-refractivity contribution is 7.15. The lowest BCUT2D eigenvalue weighted by Gasteiger charge is -2.21. The second-order valence-corrected chi connectivity index (χ2v) is 5.22. The lowest BCUT2D eigenvalue weighted by Crippen LogP contribution is -2.45. The molecule has 0 spiro atoms. The van der Waals surface area contributed by atoms with E-state index in [1.807, 2.05) is 0 Å². The van der Waals surface area contributed by atoms with Crippen LogP contribution in [0.5, 0.6) is 0 Å². The monoisotopic (exact) mass is 306 g/mol.